The zero-order chi connectivity index (χ0) is 25.8. The smallest absolute Gasteiger partial charge is 0.317 e. The summed E-state index contributed by atoms with van der Waals surface area (Å²) in [7, 11) is -2.32. The van der Waals surface area contributed by atoms with Crippen molar-refractivity contribution in [1.29, 1.82) is 0 Å². The molecule has 34 heavy (non-hydrogen) atoms. The number of aliphatic hydroxyl groups is 2. The fraction of sp³-hybridized carbons (Fsp3) is 0.625. The lowest BCUT2D eigenvalue weighted by Gasteiger charge is -2.37. The molecule has 1 aliphatic rings. The second-order valence-corrected chi connectivity index (χ2v) is 11.6. The molecule has 1 aromatic carbocycles. The number of sulfonamides is 1. The van der Waals surface area contributed by atoms with Crippen molar-refractivity contribution in [3.8, 4) is 17.6 Å². The first-order valence-electron chi connectivity index (χ1n) is 11.4. The van der Waals surface area contributed by atoms with Crippen molar-refractivity contribution in [2.75, 3.05) is 26.7 Å². The fourth-order valence-electron chi connectivity index (χ4n) is 3.46. The molecule has 0 radical (unpaired) electrons. The maximum Gasteiger partial charge on any atom is 0.317 e. The number of hydrogen-bond acceptors (Lipinski definition) is 6. The minimum atomic E-state index is -3.97. The molecule has 0 saturated carbocycles. The van der Waals surface area contributed by atoms with E-state index in [4.69, 9.17) is 4.74 Å². The third-order valence-corrected chi connectivity index (χ3v) is 7.41. The summed E-state index contributed by atoms with van der Waals surface area (Å²) < 4.78 is 34.5. The van der Waals surface area contributed by atoms with E-state index in [-0.39, 0.29) is 48.3 Å². The van der Waals surface area contributed by atoms with Gasteiger partial charge in [0.05, 0.1) is 13.2 Å². The van der Waals surface area contributed by atoms with Crippen LogP contribution in [-0.4, -0.2) is 84.4 Å². The number of hydrogen-bond donors (Lipinski definition) is 3. The molecule has 2 rings (SSSR count). The maximum atomic E-state index is 13.5. The van der Waals surface area contributed by atoms with Crippen molar-refractivity contribution in [3.63, 3.8) is 0 Å². The van der Waals surface area contributed by atoms with Crippen LogP contribution in [0.15, 0.2) is 23.1 Å². The Balaban J connectivity index is 2.55. The van der Waals surface area contributed by atoms with Crippen LogP contribution < -0.4 is 10.1 Å². The minimum Gasteiger partial charge on any atom is -0.487 e. The molecule has 0 aromatic heterocycles. The van der Waals surface area contributed by atoms with Crippen LogP contribution in [0.4, 0.5) is 4.79 Å². The molecule has 0 unspecified atom stereocenters. The van der Waals surface area contributed by atoms with Crippen molar-refractivity contribution in [1.82, 2.24) is 14.5 Å². The number of likely N-dealkylation sites (N-methyl/N-ethyl adjacent to an activating group) is 1. The highest BCUT2D eigenvalue weighted by Crippen LogP contribution is 2.34. The summed E-state index contributed by atoms with van der Waals surface area (Å²) in [5.41, 5.74) is -0.732. The molecule has 2 amide bonds. The van der Waals surface area contributed by atoms with Gasteiger partial charge in [-0.1, -0.05) is 18.8 Å². The third kappa shape index (κ3) is 7.09. The number of carbonyl (C=O) groups excluding carboxylic acids is 1. The Hall–Kier alpha value is -2.32. The first-order chi connectivity index (χ1) is 15.7. The van der Waals surface area contributed by atoms with E-state index in [2.05, 4.69) is 17.2 Å². The van der Waals surface area contributed by atoms with Gasteiger partial charge in [-0.3, -0.25) is 0 Å². The minimum absolute atomic E-state index is 0.0331. The van der Waals surface area contributed by atoms with Crippen LogP contribution in [-0.2, 0) is 10.0 Å². The number of ether oxygens (including phenoxy) is 1. The van der Waals surface area contributed by atoms with Gasteiger partial charge >= 0.3 is 6.03 Å². The van der Waals surface area contributed by atoms with Crippen LogP contribution in [0.1, 0.15) is 47.1 Å². The second-order valence-electron chi connectivity index (χ2n) is 9.70. The molecular weight excluding hydrogens is 458 g/mol. The SMILES string of the molecule is CC(C)NC(=O)N(C)C[C@@H]1Oc2cc(C#CC(C)(C)O)ccc2S(=O)(=O)N([C@H](C)CO)C[C@H]1C. The number of urea groups is 1. The van der Waals surface area contributed by atoms with E-state index in [1.165, 1.54) is 21.3 Å². The molecule has 0 aliphatic carbocycles. The zero-order valence-electron chi connectivity index (χ0n) is 21.0. The molecule has 0 spiro atoms. The third-order valence-electron chi connectivity index (χ3n) is 5.39. The van der Waals surface area contributed by atoms with Crippen molar-refractivity contribution >= 4 is 16.1 Å². The van der Waals surface area contributed by atoms with E-state index in [9.17, 15) is 23.4 Å². The first-order valence-corrected chi connectivity index (χ1v) is 12.8. The van der Waals surface area contributed by atoms with Crippen molar-refractivity contribution < 1.29 is 28.2 Å². The second kappa shape index (κ2) is 11.0. The summed E-state index contributed by atoms with van der Waals surface area (Å²) in [6, 6.07) is 3.59. The summed E-state index contributed by atoms with van der Waals surface area (Å²) in [6.45, 7) is 10.4. The van der Waals surface area contributed by atoms with E-state index >= 15 is 0 Å². The predicted octanol–water partition coefficient (Wildman–Crippen LogP) is 1.63. The predicted molar refractivity (Wildman–Crippen MR) is 130 cm³/mol. The fourth-order valence-corrected chi connectivity index (χ4v) is 5.28. The maximum absolute atomic E-state index is 13.5. The van der Waals surface area contributed by atoms with Gasteiger partial charge in [0.2, 0.25) is 10.0 Å². The lowest BCUT2D eigenvalue weighted by molar-refractivity contribution is 0.0809. The molecule has 10 heteroatoms. The highest BCUT2D eigenvalue weighted by atomic mass is 32.2. The largest absolute Gasteiger partial charge is 0.487 e. The Bertz CT molecular complexity index is 1040. The number of rotatable bonds is 5. The standard InChI is InChI=1S/C24H37N3O6S/c1-16(2)25-23(29)26(7)14-21-17(3)13-27(18(4)15-28)34(31,32)22-9-8-19(12-20(22)33-21)10-11-24(5,6)30/h8-9,12,16-18,21,28,30H,13-15H2,1-7H3,(H,25,29)/t17-,18-,21+/m1/s1. The van der Waals surface area contributed by atoms with Crippen LogP contribution in [0.2, 0.25) is 0 Å². The molecule has 190 valence electrons. The topological polar surface area (TPSA) is 119 Å². The van der Waals surface area contributed by atoms with Gasteiger partial charge in [-0.15, -0.1) is 0 Å². The molecule has 1 aromatic rings. The highest BCUT2D eigenvalue weighted by molar-refractivity contribution is 7.89. The monoisotopic (exact) mass is 495 g/mol. The lowest BCUT2D eigenvalue weighted by atomic mass is 10.0. The molecule has 3 atom stereocenters. The Morgan fingerprint density at radius 3 is 2.56 bits per heavy atom. The molecule has 1 aliphatic heterocycles. The molecule has 1 heterocycles. The van der Waals surface area contributed by atoms with Crippen LogP contribution in [0.5, 0.6) is 5.75 Å². The summed E-state index contributed by atoms with van der Waals surface area (Å²) >= 11 is 0. The number of amides is 2. The van der Waals surface area contributed by atoms with Gasteiger partial charge in [0.1, 0.15) is 22.4 Å². The first kappa shape index (κ1) is 27.9. The average Bonchev–Trinajstić information content (AvgIpc) is 2.73. The number of nitrogens with one attached hydrogen (secondary N) is 1. The Labute approximate surface area is 203 Å². The van der Waals surface area contributed by atoms with Gasteiger partial charge in [0.25, 0.3) is 0 Å². The molecule has 3 N–H and O–H groups in total. The van der Waals surface area contributed by atoms with Gasteiger partial charge in [0, 0.05) is 37.2 Å². The van der Waals surface area contributed by atoms with Gasteiger partial charge in [-0.25, -0.2) is 13.2 Å². The summed E-state index contributed by atoms with van der Waals surface area (Å²) in [5, 5.41) is 22.5. The number of carbonyl (C=O) groups is 1. The summed E-state index contributed by atoms with van der Waals surface area (Å²) in [5.74, 6) is 5.38. The van der Waals surface area contributed by atoms with E-state index in [0.29, 0.717) is 5.56 Å². The van der Waals surface area contributed by atoms with Crippen LogP contribution in [0, 0.1) is 17.8 Å². The van der Waals surface area contributed by atoms with Gasteiger partial charge in [0.15, 0.2) is 0 Å². The number of benzene rings is 1. The van der Waals surface area contributed by atoms with Gasteiger partial charge in [-0.05, 0) is 52.8 Å². The van der Waals surface area contributed by atoms with Crippen molar-refractivity contribution in [3.05, 3.63) is 23.8 Å². The molecule has 0 bridgehead atoms. The Kier molecular flexibility index (Phi) is 8.99. The van der Waals surface area contributed by atoms with E-state index in [1.54, 1.807) is 33.9 Å². The lowest BCUT2D eigenvalue weighted by Crippen LogP contribution is -2.51. The summed E-state index contributed by atoms with van der Waals surface area (Å²) in [6.07, 6.45) is -0.525. The number of nitrogens with zero attached hydrogens (tertiary/aromatic N) is 2. The van der Waals surface area contributed by atoms with Gasteiger partial charge in [-0.2, -0.15) is 4.31 Å². The zero-order valence-corrected chi connectivity index (χ0v) is 21.8. The molecule has 0 saturated heterocycles. The molecular formula is C24H37N3O6S. The van der Waals surface area contributed by atoms with Crippen LogP contribution in [0.3, 0.4) is 0 Å². The quantitative estimate of drug-likeness (QED) is 0.534. The highest BCUT2D eigenvalue weighted by Gasteiger charge is 2.38. The Morgan fingerprint density at radius 2 is 2.00 bits per heavy atom. The number of fused-ring (bicyclic) bond motifs is 1. The van der Waals surface area contributed by atoms with Crippen molar-refractivity contribution in [2.45, 2.75) is 70.2 Å². The molecule has 0 fully saturated rings. The van der Waals surface area contributed by atoms with Gasteiger partial charge < -0.3 is 25.2 Å². The van der Waals surface area contributed by atoms with E-state index < -0.39 is 27.8 Å². The van der Waals surface area contributed by atoms with Crippen LogP contribution in [0.25, 0.3) is 0 Å². The number of aliphatic hydroxyl groups excluding tert-OH is 1. The summed E-state index contributed by atoms with van der Waals surface area (Å²) in [4.78, 5) is 13.9. The average molecular weight is 496 g/mol. The van der Waals surface area contributed by atoms with E-state index in [0.717, 1.165) is 0 Å². The Morgan fingerprint density at radius 1 is 1.35 bits per heavy atom. The van der Waals surface area contributed by atoms with Crippen LogP contribution >= 0.6 is 0 Å². The van der Waals surface area contributed by atoms with E-state index in [1.807, 2.05) is 20.8 Å². The molecule has 9 nitrogen and oxygen atoms in total. The normalized spacial score (nSPS) is 21.2. The van der Waals surface area contributed by atoms with Crippen molar-refractivity contribution in [2.24, 2.45) is 5.92 Å².